The van der Waals surface area contributed by atoms with Gasteiger partial charge >= 0.3 is 0 Å². The molecule has 0 unspecified atom stereocenters. The van der Waals surface area contributed by atoms with Gasteiger partial charge < -0.3 is 15.8 Å². The van der Waals surface area contributed by atoms with Crippen molar-refractivity contribution in [3.8, 4) is 5.75 Å². The maximum absolute atomic E-state index is 5.70. The summed E-state index contributed by atoms with van der Waals surface area (Å²) in [6, 6.07) is 6.46. The molecule has 0 bridgehead atoms. The Morgan fingerprint density at radius 1 is 1.41 bits per heavy atom. The highest BCUT2D eigenvalue weighted by molar-refractivity contribution is 5.38. The van der Waals surface area contributed by atoms with E-state index in [4.69, 9.17) is 10.5 Å². The quantitative estimate of drug-likeness (QED) is 0.835. The number of aryl methyl sites for hydroxylation is 1. The van der Waals surface area contributed by atoms with Gasteiger partial charge in [-0.3, -0.25) is 0 Å². The van der Waals surface area contributed by atoms with Gasteiger partial charge in [-0.1, -0.05) is 12.1 Å². The number of ether oxygens (including phenoxy) is 1. The van der Waals surface area contributed by atoms with Gasteiger partial charge in [0.05, 0.1) is 6.61 Å². The molecule has 1 heterocycles. The summed E-state index contributed by atoms with van der Waals surface area (Å²) in [6.45, 7) is 6.59. The van der Waals surface area contributed by atoms with Gasteiger partial charge in [0.25, 0.3) is 0 Å². The Bertz CT molecular complexity index is 388. The van der Waals surface area contributed by atoms with Crippen molar-refractivity contribution in [1.82, 2.24) is 5.32 Å². The van der Waals surface area contributed by atoms with Crippen LogP contribution in [0.3, 0.4) is 0 Å². The molecular formula is C14H22N2O. The number of rotatable bonds is 4. The predicted molar refractivity (Wildman–Crippen MR) is 70.2 cm³/mol. The van der Waals surface area contributed by atoms with Gasteiger partial charge in [-0.2, -0.15) is 0 Å². The summed E-state index contributed by atoms with van der Waals surface area (Å²) in [5, 5.41) is 3.47. The fourth-order valence-electron chi connectivity index (χ4n) is 1.94. The molecule has 0 amide bonds. The number of nitrogens with one attached hydrogen (secondary N) is 1. The van der Waals surface area contributed by atoms with Crippen molar-refractivity contribution in [2.75, 3.05) is 13.2 Å². The van der Waals surface area contributed by atoms with Crippen molar-refractivity contribution in [2.24, 2.45) is 5.73 Å². The number of benzene rings is 1. The number of hydrogen-bond donors (Lipinski definition) is 2. The molecule has 0 radical (unpaired) electrons. The highest BCUT2D eigenvalue weighted by atomic mass is 16.5. The lowest BCUT2D eigenvalue weighted by Crippen LogP contribution is -2.45. The van der Waals surface area contributed by atoms with Crippen LogP contribution in [0.1, 0.15) is 31.4 Å². The van der Waals surface area contributed by atoms with E-state index in [1.54, 1.807) is 0 Å². The molecule has 1 aromatic carbocycles. The molecule has 0 fully saturated rings. The minimum atomic E-state index is -0.00754. The van der Waals surface area contributed by atoms with Crippen molar-refractivity contribution in [2.45, 2.75) is 38.8 Å². The minimum Gasteiger partial charge on any atom is -0.493 e. The van der Waals surface area contributed by atoms with Gasteiger partial charge in [-0.15, -0.1) is 0 Å². The molecule has 3 nitrogen and oxygen atoms in total. The molecule has 1 aromatic rings. The summed E-state index contributed by atoms with van der Waals surface area (Å²) < 4.78 is 5.60. The maximum atomic E-state index is 5.70. The highest BCUT2D eigenvalue weighted by Gasteiger charge is 2.15. The van der Waals surface area contributed by atoms with Gasteiger partial charge in [0, 0.05) is 18.6 Å². The molecule has 1 aliphatic rings. The zero-order valence-corrected chi connectivity index (χ0v) is 10.8. The molecule has 0 atom stereocenters. The lowest BCUT2D eigenvalue weighted by molar-refractivity contribution is 0.288. The van der Waals surface area contributed by atoms with E-state index in [2.05, 4.69) is 37.4 Å². The van der Waals surface area contributed by atoms with Gasteiger partial charge in [-0.25, -0.2) is 0 Å². The van der Waals surface area contributed by atoms with Gasteiger partial charge in [0.15, 0.2) is 0 Å². The lowest BCUT2D eigenvalue weighted by Gasteiger charge is -2.25. The molecule has 94 valence electrons. The van der Waals surface area contributed by atoms with Crippen LogP contribution in [-0.2, 0) is 13.0 Å². The second-order valence-electron chi connectivity index (χ2n) is 5.34. The minimum absolute atomic E-state index is 0.00754. The Balaban J connectivity index is 2.02. The Morgan fingerprint density at radius 3 is 3.00 bits per heavy atom. The van der Waals surface area contributed by atoms with E-state index in [9.17, 15) is 0 Å². The first-order valence-corrected chi connectivity index (χ1v) is 6.30. The van der Waals surface area contributed by atoms with Crippen molar-refractivity contribution in [3.05, 3.63) is 29.3 Å². The van der Waals surface area contributed by atoms with Crippen LogP contribution >= 0.6 is 0 Å². The summed E-state index contributed by atoms with van der Waals surface area (Å²) in [5.41, 5.74) is 8.33. The van der Waals surface area contributed by atoms with Crippen LogP contribution in [0.2, 0.25) is 0 Å². The summed E-state index contributed by atoms with van der Waals surface area (Å²) >= 11 is 0. The third-order valence-corrected chi connectivity index (χ3v) is 3.25. The normalized spacial score (nSPS) is 15.2. The molecule has 0 saturated heterocycles. The highest BCUT2D eigenvalue weighted by Crippen LogP contribution is 2.25. The van der Waals surface area contributed by atoms with Crippen LogP contribution in [0.4, 0.5) is 0 Å². The Morgan fingerprint density at radius 2 is 2.24 bits per heavy atom. The molecule has 0 aromatic heterocycles. The Kier molecular flexibility index (Phi) is 3.69. The van der Waals surface area contributed by atoms with Gasteiger partial charge in [0.2, 0.25) is 0 Å². The zero-order valence-electron chi connectivity index (χ0n) is 10.8. The monoisotopic (exact) mass is 234 g/mol. The fraction of sp³-hybridized carbons (Fsp3) is 0.571. The molecule has 17 heavy (non-hydrogen) atoms. The molecule has 0 saturated carbocycles. The van der Waals surface area contributed by atoms with E-state index < -0.39 is 0 Å². The summed E-state index contributed by atoms with van der Waals surface area (Å²) in [4.78, 5) is 0. The van der Waals surface area contributed by atoms with Gasteiger partial charge in [0.1, 0.15) is 5.75 Å². The predicted octanol–water partition coefficient (Wildman–Crippen LogP) is 1.84. The molecule has 1 aliphatic heterocycles. The summed E-state index contributed by atoms with van der Waals surface area (Å²) in [5.74, 6) is 1.05. The third-order valence-electron chi connectivity index (χ3n) is 3.25. The second kappa shape index (κ2) is 5.07. The van der Waals surface area contributed by atoms with Crippen molar-refractivity contribution < 1.29 is 4.74 Å². The zero-order chi connectivity index (χ0) is 12.3. The molecule has 3 N–H and O–H groups in total. The first kappa shape index (κ1) is 12.4. The van der Waals surface area contributed by atoms with Crippen LogP contribution in [0.25, 0.3) is 0 Å². The van der Waals surface area contributed by atoms with Crippen molar-refractivity contribution in [1.29, 1.82) is 0 Å². The molecule has 0 aliphatic carbocycles. The largest absolute Gasteiger partial charge is 0.493 e. The van der Waals surface area contributed by atoms with Crippen LogP contribution in [-0.4, -0.2) is 18.7 Å². The molecule has 3 heteroatoms. The number of nitrogens with two attached hydrogens (primary N) is 1. The fourth-order valence-corrected chi connectivity index (χ4v) is 1.94. The number of fused-ring (bicyclic) bond motifs is 1. The molecule has 2 rings (SSSR count). The van der Waals surface area contributed by atoms with E-state index in [1.807, 2.05) is 0 Å². The Labute approximate surface area is 103 Å². The average molecular weight is 234 g/mol. The average Bonchev–Trinajstić information content (AvgIpc) is 2.36. The number of hydrogen-bond acceptors (Lipinski definition) is 3. The van der Waals surface area contributed by atoms with E-state index in [-0.39, 0.29) is 5.54 Å². The van der Waals surface area contributed by atoms with E-state index in [0.29, 0.717) is 6.54 Å². The second-order valence-corrected chi connectivity index (χ2v) is 5.34. The van der Waals surface area contributed by atoms with E-state index in [0.717, 1.165) is 31.7 Å². The third kappa shape index (κ3) is 3.20. The van der Waals surface area contributed by atoms with Crippen LogP contribution in [0.15, 0.2) is 18.2 Å². The molecular weight excluding hydrogens is 212 g/mol. The first-order valence-electron chi connectivity index (χ1n) is 6.30. The van der Waals surface area contributed by atoms with E-state index in [1.165, 1.54) is 11.1 Å². The van der Waals surface area contributed by atoms with Gasteiger partial charge in [-0.05, 0) is 43.9 Å². The van der Waals surface area contributed by atoms with Crippen molar-refractivity contribution >= 4 is 0 Å². The lowest BCUT2D eigenvalue weighted by atomic mass is 10.0. The van der Waals surface area contributed by atoms with Crippen LogP contribution < -0.4 is 15.8 Å². The summed E-state index contributed by atoms with van der Waals surface area (Å²) in [6.07, 6.45) is 2.25. The van der Waals surface area contributed by atoms with Crippen molar-refractivity contribution in [3.63, 3.8) is 0 Å². The Hall–Kier alpha value is -1.06. The first-order chi connectivity index (χ1) is 8.11. The van der Waals surface area contributed by atoms with Crippen LogP contribution in [0, 0.1) is 0 Å². The standard InChI is InChI=1S/C14H22N2O/c1-14(2,10-15)16-9-11-5-6-13-12(8-11)4-3-7-17-13/h5-6,8,16H,3-4,7,9-10,15H2,1-2H3. The van der Waals surface area contributed by atoms with Crippen LogP contribution in [0.5, 0.6) is 5.75 Å². The molecule has 0 spiro atoms. The SMILES string of the molecule is CC(C)(CN)NCc1ccc2c(c1)CCCO2. The summed E-state index contributed by atoms with van der Waals surface area (Å²) in [7, 11) is 0. The smallest absolute Gasteiger partial charge is 0.122 e. The van der Waals surface area contributed by atoms with E-state index >= 15 is 0 Å². The topological polar surface area (TPSA) is 47.3 Å². The maximum Gasteiger partial charge on any atom is 0.122 e.